The highest BCUT2D eigenvalue weighted by Gasteiger charge is 2.73. The number of aryl methyl sites for hydroxylation is 2. The maximum atomic E-state index is 14.5. The molecule has 188 valence electrons. The van der Waals surface area contributed by atoms with Crippen LogP contribution in [0.3, 0.4) is 0 Å². The van der Waals surface area contributed by atoms with Crippen molar-refractivity contribution in [2.45, 2.75) is 31.9 Å². The number of pyridine rings is 1. The summed E-state index contributed by atoms with van der Waals surface area (Å²) in [4.78, 5) is 14.8. The standard InChI is InChI=1S/C20H15F7N4O4/c1-9-4-12(18(21,19(22,23)24)20(25,26)27)5-10(2)15(9)31-8-13(29-30-31)11-6-14(35-17(32)33)16(34-3)28-7-11/h4-8H,1-3H3,(H,32,33). The molecule has 2 aromatic heterocycles. The number of halogens is 7. The summed E-state index contributed by atoms with van der Waals surface area (Å²) in [6.45, 7) is 2.38. The third kappa shape index (κ3) is 4.57. The maximum absolute atomic E-state index is 14.5. The van der Waals surface area contributed by atoms with Gasteiger partial charge in [0.25, 0.3) is 5.88 Å². The molecule has 35 heavy (non-hydrogen) atoms. The first-order chi connectivity index (χ1) is 16.1. The number of carbonyl (C=O) groups is 1. The van der Waals surface area contributed by atoms with Gasteiger partial charge in [0, 0.05) is 17.3 Å². The first kappa shape index (κ1) is 25.7. The van der Waals surface area contributed by atoms with E-state index in [4.69, 9.17) is 9.84 Å². The number of nitrogens with zero attached hydrogens (tertiary/aromatic N) is 4. The number of methoxy groups -OCH3 is 1. The molecular weight excluding hydrogens is 493 g/mol. The Balaban J connectivity index is 2.07. The van der Waals surface area contributed by atoms with E-state index in [9.17, 15) is 35.5 Å². The molecule has 0 saturated heterocycles. The number of rotatable bonds is 5. The molecule has 0 aliphatic heterocycles. The Bertz CT molecular complexity index is 1230. The van der Waals surface area contributed by atoms with Gasteiger partial charge in [-0.25, -0.2) is 18.9 Å². The van der Waals surface area contributed by atoms with E-state index in [1.54, 1.807) is 0 Å². The summed E-state index contributed by atoms with van der Waals surface area (Å²) in [6.07, 6.45) is -11.6. The zero-order valence-electron chi connectivity index (χ0n) is 18.0. The van der Waals surface area contributed by atoms with E-state index in [0.717, 1.165) is 4.68 Å². The molecule has 1 N–H and O–H groups in total. The maximum Gasteiger partial charge on any atom is 0.511 e. The van der Waals surface area contributed by atoms with Crippen molar-refractivity contribution in [2.75, 3.05) is 7.11 Å². The molecule has 3 rings (SSSR count). The Kier molecular flexibility index (Phi) is 6.39. The average Bonchev–Trinajstić information content (AvgIpc) is 3.20. The Hall–Kier alpha value is -3.91. The number of ether oxygens (including phenoxy) is 2. The van der Waals surface area contributed by atoms with Crippen LogP contribution in [0.15, 0.2) is 30.6 Å². The average molecular weight is 508 g/mol. The monoisotopic (exact) mass is 508 g/mol. The Morgan fingerprint density at radius 1 is 1.00 bits per heavy atom. The fourth-order valence-corrected chi connectivity index (χ4v) is 3.40. The molecule has 8 nitrogen and oxygen atoms in total. The van der Waals surface area contributed by atoms with E-state index in [1.165, 1.54) is 39.4 Å². The van der Waals surface area contributed by atoms with Gasteiger partial charge in [-0.2, -0.15) is 26.3 Å². The van der Waals surface area contributed by atoms with Gasteiger partial charge in [0.15, 0.2) is 5.75 Å². The predicted octanol–water partition coefficient (Wildman–Crippen LogP) is 5.30. The van der Waals surface area contributed by atoms with Crippen LogP contribution in [0.1, 0.15) is 16.7 Å². The van der Waals surface area contributed by atoms with Crippen molar-refractivity contribution < 1.29 is 50.1 Å². The van der Waals surface area contributed by atoms with Crippen LogP contribution in [0.2, 0.25) is 0 Å². The largest absolute Gasteiger partial charge is 0.511 e. The van der Waals surface area contributed by atoms with Crippen molar-refractivity contribution in [3.05, 3.63) is 47.3 Å². The molecule has 15 heteroatoms. The van der Waals surface area contributed by atoms with Gasteiger partial charge >= 0.3 is 24.2 Å². The summed E-state index contributed by atoms with van der Waals surface area (Å²) in [5, 5.41) is 16.5. The molecule has 0 unspecified atom stereocenters. The number of aromatic nitrogens is 4. The van der Waals surface area contributed by atoms with Gasteiger partial charge in [-0.3, -0.25) is 0 Å². The number of hydrogen-bond acceptors (Lipinski definition) is 6. The Morgan fingerprint density at radius 2 is 1.57 bits per heavy atom. The van der Waals surface area contributed by atoms with E-state index in [2.05, 4.69) is 20.0 Å². The van der Waals surface area contributed by atoms with Crippen LogP contribution in [0.4, 0.5) is 35.5 Å². The van der Waals surface area contributed by atoms with Crippen molar-refractivity contribution in [1.82, 2.24) is 20.0 Å². The first-order valence-corrected chi connectivity index (χ1v) is 9.42. The van der Waals surface area contributed by atoms with Crippen molar-refractivity contribution in [2.24, 2.45) is 0 Å². The van der Waals surface area contributed by atoms with Gasteiger partial charge in [0.1, 0.15) is 5.69 Å². The number of carboxylic acid groups (broad SMARTS) is 1. The van der Waals surface area contributed by atoms with Crippen LogP contribution in [-0.4, -0.2) is 50.7 Å². The molecule has 0 saturated carbocycles. The number of benzene rings is 1. The van der Waals surface area contributed by atoms with Crippen LogP contribution >= 0.6 is 0 Å². The van der Waals surface area contributed by atoms with E-state index < -0.39 is 29.7 Å². The molecule has 2 heterocycles. The molecule has 0 aliphatic carbocycles. The van der Waals surface area contributed by atoms with Gasteiger partial charge < -0.3 is 14.6 Å². The molecule has 0 amide bonds. The lowest BCUT2D eigenvalue weighted by Gasteiger charge is -2.31. The SMILES string of the molecule is COc1ncc(-c2cn(-c3c(C)cc(C(F)(C(F)(F)F)C(F)(F)F)cc3C)nn2)cc1OC(=O)O. The minimum atomic E-state index is -6.25. The van der Waals surface area contributed by atoms with Crippen LogP contribution in [0, 0.1) is 13.8 Å². The van der Waals surface area contributed by atoms with Crippen LogP contribution in [-0.2, 0) is 5.67 Å². The highest BCUT2D eigenvalue weighted by atomic mass is 19.4. The molecule has 0 bridgehead atoms. The topological polar surface area (TPSA) is 99.4 Å². The lowest BCUT2D eigenvalue weighted by molar-refractivity contribution is -0.348. The molecule has 0 spiro atoms. The van der Waals surface area contributed by atoms with E-state index >= 15 is 0 Å². The summed E-state index contributed by atoms with van der Waals surface area (Å²) in [7, 11) is 1.23. The highest BCUT2D eigenvalue weighted by Crippen LogP contribution is 2.53. The van der Waals surface area contributed by atoms with Crippen molar-refractivity contribution >= 4 is 6.16 Å². The van der Waals surface area contributed by atoms with Crippen molar-refractivity contribution in [3.8, 4) is 28.6 Å². The minimum Gasteiger partial charge on any atom is -0.478 e. The number of alkyl halides is 7. The second kappa shape index (κ2) is 8.70. The lowest BCUT2D eigenvalue weighted by Crippen LogP contribution is -2.50. The molecule has 0 fully saturated rings. The van der Waals surface area contributed by atoms with Gasteiger partial charge in [-0.05, 0) is 31.0 Å². The summed E-state index contributed by atoms with van der Waals surface area (Å²) in [5.41, 5.74) is -7.11. The molecule has 1 aromatic carbocycles. The zero-order valence-corrected chi connectivity index (χ0v) is 18.0. The smallest absolute Gasteiger partial charge is 0.478 e. The van der Waals surface area contributed by atoms with Crippen LogP contribution in [0.5, 0.6) is 11.6 Å². The molecule has 0 aliphatic rings. The van der Waals surface area contributed by atoms with E-state index in [0.29, 0.717) is 12.1 Å². The fraction of sp³-hybridized carbons (Fsp3) is 0.300. The zero-order chi connectivity index (χ0) is 26.3. The molecule has 3 aromatic rings. The molecule has 0 radical (unpaired) electrons. The summed E-state index contributed by atoms with van der Waals surface area (Å²) >= 11 is 0. The van der Waals surface area contributed by atoms with E-state index in [1.807, 2.05) is 0 Å². The Morgan fingerprint density at radius 3 is 2.06 bits per heavy atom. The number of hydrogen-bond donors (Lipinski definition) is 1. The minimum absolute atomic E-state index is 0.0580. The summed E-state index contributed by atoms with van der Waals surface area (Å²) < 4.78 is 104. The van der Waals surface area contributed by atoms with Crippen LogP contribution < -0.4 is 9.47 Å². The normalized spacial score (nSPS) is 12.5. The fourth-order valence-electron chi connectivity index (χ4n) is 3.40. The van der Waals surface area contributed by atoms with Gasteiger partial charge in [0.05, 0.1) is 19.0 Å². The van der Waals surface area contributed by atoms with Gasteiger partial charge in [-0.1, -0.05) is 17.3 Å². The molecule has 0 atom stereocenters. The van der Waals surface area contributed by atoms with Crippen LogP contribution in [0.25, 0.3) is 16.9 Å². The van der Waals surface area contributed by atoms with Crippen molar-refractivity contribution in [1.29, 1.82) is 0 Å². The van der Waals surface area contributed by atoms with E-state index in [-0.39, 0.29) is 39.7 Å². The lowest BCUT2D eigenvalue weighted by atomic mass is 9.90. The second-order valence-electron chi connectivity index (χ2n) is 7.26. The highest BCUT2D eigenvalue weighted by molar-refractivity contribution is 5.66. The van der Waals surface area contributed by atoms with Crippen molar-refractivity contribution in [3.63, 3.8) is 0 Å². The van der Waals surface area contributed by atoms with Gasteiger partial charge in [0.2, 0.25) is 0 Å². The summed E-state index contributed by atoms with van der Waals surface area (Å²) in [5.74, 6) is -0.405. The predicted molar refractivity (Wildman–Crippen MR) is 104 cm³/mol. The second-order valence-corrected chi connectivity index (χ2v) is 7.26. The third-order valence-corrected chi connectivity index (χ3v) is 4.90. The molecular formula is C20H15F7N4O4. The summed E-state index contributed by atoms with van der Waals surface area (Å²) in [6, 6.07) is 2.11. The Labute approximate surface area is 191 Å². The van der Waals surface area contributed by atoms with Gasteiger partial charge in [-0.15, -0.1) is 5.10 Å². The first-order valence-electron chi connectivity index (χ1n) is 9.42. The quantitative estimate of drug-likeness (QED) is 0.369. The third-order valence-electron chi connectivity index (χ3n) is 4.90.